The molecule has 1 aromatic heterocycles. The van der Waals surface area contributed by atoms with E-state index in [2.05, 4.69) is 29.2 Å². The van der Waals surface area contributed by atoms with E-state index in [1.54, 1.807) is 6.20 Å². The molecule has 0 N–H and O–H groups in total. The molecule has 28 heavy (non-hydrogen) atoms. The van der Waals surface area contributed by atoms with Crippen molar-refractivity contribution in [2.75, 3.05) is 39.9 Å². The lowest BCUT2D eigenvalue weighted by molar-refractivity contribution is -0.0158. The lowest BCUT2D eigenvalue weighted by atomic mass is 9.85. The highest BCUT2D eigenvalue weighted by Crippen LogP contribution is 2.32. The van der Waals surface area contributed by atoms with Gasteiger partial charge >= 0.3 is 0 Å². The number of benzene rings is 1. The van der Waals surface area contributed by atoms with Crippen molar-refractivity contribution in [1.29, 1.82) is 0 Å². The Hall–Kier alpha value is -2.18. The zero-order valence-corrected chi connectivity index (χ0v) is 16.9. The van der Waals surface area contributed by atoms with Crippen molar-refractivity contribution >= 4 is 5.91 Å². The van der Waals surface area contributed by atoms with Crippen LogP contribution in [-0.2, 0) is 11.3 Å². The highest BCUT2D eigenvalue weighted by Gasteiger charge is 2.39. The largest absolute Gasteiger partial charge is 0.381 e. The number of amides is 1. The van der Waals surface area contributed by atoms with Crippen LogP contribution in [0.25, 0.3) is 0 Å². The smallest absolute Gasteiger partial charge is 0.257 e. The van der Waals surface area contributed by atoms with Gasteiger partial charge < -0.3 is 9.64 Å². The van der Waals surface area contributed by atoms with Crippen molar-refractivity contribution < 1.29 is 9.53 Å². The van der Waals surface area contributed by atoms with Gasteiger partial charge in [0.15, 0.2) is 0 Å². The fourth-order valence-corrected chi connectivity index (χ4v) is 4.48. The molecule has 4 rings (SSSR count). The summed E-state index contributed by atoms with van der Waals surface area (Å²) in [5.74, 6) is 0.106. The number of carbonyl (C=O) groups excluding carboxylic acids is 1. The van der Waals surface area contributed by atoms with Crippen LogP contribution < -0.4 is 0 Å². The summed E-state index contributed by atoms with van der Waals surface area (Å²) < 4.78 is 7.50. The van der Waals surface area contributed by atoms with Crippen molar-refractivity contribution in [3.63, 3.8) is 0 Å². The number of hydrogen-bond donors (Lipinski definition) is 0. The van der Waals surface area contributed by atoms with Crippen LogP contribution in [-0.4, -0.2) is 70.9 Å². The third-order valence-corrected chi connectivity index (χ3v) is 6.58. The summed E-state index contributed by atoms with van der Waals surface area (Å²) in [5.41, 5.74) is 3.03. The first kappa shape index (κ1) is 19.2. The maximum absolute atomic E-state index is 13.2. The summed E-state index contributed by atoms with van der Waals surface area (Å²) in [7, 11) is 2.20. The van der Waals surface area contributed by atoms with E-state index in [-0.39, 0.29) is 11.4 Å². The molecular weight excluding hydrogens is 352 g/mol. The Balaban J connectivity index is 1.47. The van der Waals surface area contributed by atoms with Crippen molar-refractivity contribution in [2.24, 2.45) is 0 Å². The number of carbonyl (C=O) groups is 1. The van der Waals surface area contributed by atoms with E-state index in [0.29, 0.717) is 6.54 Å². The Bertz CT molecular complexity index is 811. The summed E-state index contributed by atoms with van der Waals surface area (Å²) in [6, 6.07) is 10.2. The topological polar surface area (TPSA) is 50.6 Å². The van der Waals surface area contributed by atoms with Gasteiger partial charge in [0.1, 0.15) is 0 Å². The molecule has 0 bridgehead atoms. The molecule has 0 aliphatic carbocycles. The Kier molecular flexibility index (Phi) is 5.51. The Labute approximate surface area is 167 Å². The van der Waals surface area contributed by atoms with E-state index in [1.165, 1.54) is 5.56 Å². The lowest BCUT2D eigenvalue weighted by Crippen LogP contribution is -2.50. The van der Waals surface area contributed by atoms with Gasteiger partial charge in [-0.3, -0.25) is 14.4 Å². The van der Waals surface area contributed by atoms with Crippen LogP contribution in [0.3, 0.4) is 0 Å². The van der Waals surface area contributed by atoms with Crippen molar-refractivity contribution in [2.45, 2.75) is 38.3 Å². The standard InChI is InChI=1S/C22H30N4O2/c1-18-20(16-23-26(18)17-19-6-4-3-5-7-19)21(27)25-11-8-22(24(2)12-13-25)9-14-28-15-10-22/h3-7,16H,8-15,17H2,1-2H3. The molecule has 6 nitrogen and oxygen atoms in total. The molecule has 1 spiro atoms. The molecule has 1 amide bonds. The van der Waals surface area contributed by atoms with E-state index >= 15 is 0 Å². The molecule has 2 saturated heterocycles. The highest BCUT2D eigenvalue weighted by atomic mass is 16.5. The van der Waals surface area contributed by atoms with E-state index in [9.17, 15) is 4.79 Å². The van der Waals surface area contributed by atoms with Gasteiger partial charge in [0, 0.05) is 44.1 Å². The highest BCUT2D eigenvalue weighted by molar-refractivity contribution is 5.95. The Morgan fingerprint density at radius 3 is 2.61 bits per heavy atom. The number of aromatic nitrogens is 2. The van der Waals surface area contributed by atoms with Crippen molar-refractivity contribution in [1.82, 2.24) is 19.6 Å². The van der Waals surface area contributed by atoms with E-state index in [0.717, 1.165) is 63.4 Å². The van der Waals surface area contributed by atoms with Crippen LogP contribution in [0.5, 0.6) is 0 Å². The minimum atomic E-state index is 0.106. The van der Waals surface area contributed by atoms with Crippen LogP contribution in [0.15, 0.2) is 36.5 Å². The van der Waals surface area contributed by atoms with Crippen LogP contribution in [0.2, 0.25) is 0 Å². The summed E-state index contributed by atoms with van der Waals surface area (Å²) in [6.07, 6.45) is 4.86. The summed E-state index contributed by atoms with van der Waals surface area (Å²) in [6.45, 7) is 6.79. The first-order valence-corrected chi connectivity index (χ1v) is 10.2. The van der Waals surface area contributed by atoms with Crippen LogP contribution in [0, 0.1) is 6.92 Å². The molecule has 150 valence electrons. The van der Waals surface area contributed by atoms with Crippen molar-refractivity contribution in [3.05, 3.63) is 53.3 Å². The van der Waals surface area contributed by atoms with Gasteiger partial charge in [0.25, 0.3) is 5.91 Å². The minimum Gasteiger partial charge on any atom is -0.381 e. The molecule has 0 saturated carbocycles. The second-order valence-corrected chi connectivity index (χ2v) is 8.09. The average Bonchev–Trinajstić information content (AvgIpc) is 3.01. The van der Waals surface area contributed by atoms with E-state index < -0.39 is 0 Å². The van der Waals surface area contributed by atoms with E-state index in [4.69, 9.17) is 4.74 Å². The fourth-order valence-electron chi connectivity index (χ4n) is 4.48. The SMILES string of the molecule is Cc1c(C(=O)N2CCN(C)C3(CCOCC3)CC2)cnn1Cc1ccccc1. The molecular formula is C22H30N4O2. The monoisotopic (exact) mass is 382 g/mol. The van der Waals surface area contributed by atoms with Crippen LogP contribution in [0.4, 0.5) is 0 Å². The predicted molar refractivity (Wildman–Crippen MR) is 108 cm³/mol. The quantitative estimate of drug-likeness (QED) is 0.819. The molecule has 0 unspecified atom stereocenters. The Morgan fingerprint density at radius 2 is 1.86 bits per heavy atom. The lowest BCUT2D eigenvalue weighted by Gasteiger charge is -2.43. The summed E-state index contributed by atoms with van der Waals surface area (Å²) in [4.78, 5) is 17.7. The van der Waals surface area contributed by atoms with Gasteiger partial charge in [-0.1, -0.05) is 30.3 Å². The normalized spacial score (nSPS) is 20.3. The molecule has 1 aromatic carbocycles. The van der Waals surface area contributed by atoms with Gasteiger partial charge in [0.2, 0.25) is 0 Å². The maximum Gasteiger partial charge on any atom is 0.257 e. The summed E-state index contributed by atoms with van der Waals surface area (Å²) >= 11 is 0. The van der Waals surface area contributed by atoms with Gasteiger partial charge in [-0.2, -0.15) is 5.10 Å². The molecule has 6 heteroatoms. The average molecular weight is 383 g/mol. The second-order valence-electron chi connectivity index (χ2n) is 8.09. The molecule has 2 fully saturated rings. The fraction of sp³-hybridized carbons (Fsp3) is 0.545. The number of rotatable bonds is 3. The van der Waals surface area contributed by atoms with Crippen LogP contribution >= 0.6 is 0 Å². The third kappa shape index (κ3) is 3.71. The number of ether oxygens (including phenoxy) is 1. The minimum absolute atomic E-state index is 0.106. The molecule has 0 atom stereocenters. The maximum atomic E-state index is 13.2. The zero-order valence-electron chi connectivity index (χ0n) is 16.9. The predicted octanol–water partition coefficient (Wildman–Crippen LogP) is 2.57. The third-order valence-electron chi connectivity index (χ3n) is 6.58. The summed E-state index contributed by atoms with van der Waals surface area (Å²) in [5, 5.41) is 4.49. The second kappa shape index (κ2) is 8.05. The zero-order chi connectivity index (χ0) is 19.6. The molecule has 2 aliphatic rings. The van der Waals surface area contributed by atoms with Gasteiger partial charge in [-0.05, 0) is 38.8 Å². The van der Waals surface area contributed by atoms with Gasteiger partial charge in [-0.25, -0.2) is 0 Å². The first-order chi connectivity index (χ1) is 13.6. The number of likely N-dealkylation sites (N-methyl/N-ethyl adjacent to an activating group) is 1. The molecule has 2 aliphatic heterocycles. The molecule has 2 aromatic rings. The van der Waals surface area contributed by atoms with Gasteiger partial charge in [-0.15, -0.1) is 0 Å². The Morgan fingerprint density at radius 1 is 1.11 bits per heavy atom. The van der Waals surface area contributed by atoms with Crippen molar-refractivity contribution in [3.8, 4) is 0 Å². The number of nitrogens with zero attached hydrogens (tertiary/aromatic N) is 4. The van der Waals surface area contributed by atoms with Crippen LogP contribution in [0.1, 0.15) is 40.9 Å². The molecule has 0 radical (unpaired) electrons. The van der Waals surface area contributed by atoms with Gasteiger partial charge in [0.05, 0.1) is 18.3 Å². The van der Waals surface area contributed by atoms with E-state index in [1.807, 2.05) is 34.7 Å². The molecule has 3 heterocycles. The first-order valence-electron chi connectivity index (χ1n) is 10.2. The number of hydrogen-bond acceptors (Lipinski definition) is 4.